The molecule has 0 rings (SSSR count). The van der Waals surface area contributed by atoms with Crippen molar-refractivity contribution in [3.8, 4) is 0 Å². The standard InChI is InChI=1S/C14H28N6O5/c15-19-17-3-1-5-21-7-9-23-11-13-25-14-12-24-10-8-22-6-2-4-18-20-16/h1-14H2. The molecule has 25 heavy (non-hydrogen) atoms. The van der Waals surface area contributed by atoms with E-state index in [1.165, 1.54) is 0 Å². The van der Waals surface area contributed by atoms with Gasteiger partial charge in [0.05, 0.1) is 52.9 Å². The summed E-state index contributed by atoms with van der Waals surface area (Å²) in [6.07, 6.45) is 1.43. The van der Waals surface area contributed by atoms with Crippen LogP contribution in [0.5, 0.6) is 0 Å². The van der Waals surface area contributed by atoms with Crippen LogP contribution in [0.2, 0.25) is 0 Å². The summed E-state index contributed by atoms with van der Waals surface area (Å²) in [5.41, 5.74) is 16.2. The van der Waals surface area contributed by atoms with Crippen molar-refractivity contribution < 1.29 is 23.7 Å². The lowest BCUT2D eigenvalue weighted by Crippen LogP contribution is -2.13. The van der Waals surface area contributed by atoms with Crippen molar-refractivity contribution >= 4 is 0 Å². The SMILES string of the molecule is [N-]=[N+]=NCCCOCCOCCOCCOCCOCCCN=[N+]=[N-]. The molecule has 0 fully saturated rings. The molecule has 11 nitrogen and oxygen atoms in total. The second-order valence-electron chi connectivity index (χ2n) is 4.68. The highest BCUT2D eigenvalue weighted by Crippen LogP contribution is 1.88. The molecule has 0 aliphatic carbocycles. The molecule has 0 aliphatic rings. The second kappa shape index (κ2) is 22.4. The van der Waals surface area contributed by atoms with Gasteiger partial charge >= 0.3 is 0 Å². The monoisotopic (exact) mass is 360 g/mol. The third-order valence-corrected chi connectivity index (χ3v) is 2.71. The van der Waals surface area contributed by atoms with Crippen LogP contribution in [0.3, 0.4) is 0 Å². The molecule has 0 aromatic rings. The fraction of sp³-hybridized carbons (Fsp3) is 1.00. The Morgan fingerprint density at radius 3 is 1.04 bits per heavy atom. The maximum atomic E-state index is 8.09. The van der Waals surface area contributed by atoms with Crippen LogP contribution < -0.4 is 0 Å². The maximum absolute atomic E-state index is 8.09. The second-order valence-corrected chi connectivity index (χ2v) is 4.68. The van der Waals surface area contributed by atoms with Gasteiger partial charge in [0.15, 0.2) is 0 Å². The minimum atomic E-state index is 0.455. The molecule has 11 heteroatoms. The minimum absolute atomic E-state index is 0.455. The van der Waals surface area contributed by atoms with Crippen LogP contribution in [0.25, 0.3) is 20.9 Å². The number of hydrogen-bond donors (Lipinski definition) is 0. The van der Waals surface area contributed by atoms with E-state index in [2.05, 4.69) is 20.1 Å². The van der Waals surface area contributed by atoms with Gasteiger partial charge in [0, 0.05) is 36.1 Å². The third kappa shape index (κ3) is 22.4. The number of ether oxygens (including phenoxy) is 5. The van der Waals surface area contributed by atoms with Crippen molar-refractivity contribution in [1.82, 2.24) is 0 Å². The van der Waals surface area contributed by atoms with Crippen LogP contribution in [-0.2, 0) is 23.7 Å². The molecule has 0 N–H and O–H groups in total. The van der Waals surface area contributed by atoms with Gasteiger partial charge in [-0.3, -0.25) is 0 Å². The summed E-state index contributed by atoms with van der Waals surface area (Å²) in [7, 11) is 0. The Bertz CT molecular complexity index is 341. The highest BCUT2D eigenvalue weighted by Gasteiger charge is 1.93. The number of rotatable bonds is 20. The van der Waals surface area contributed by atoms with E-state index in [9.17, 15) is 0 Å². The predicted octanol–water partition coefficient (Wildman–Crippen LogP) is 2.47. The molecular formula is C14H28N6O5. The maximum Gasteiger partial charge on any atom is 0.0701 e. The van der Waals surface area contributed by atoms with Gasteiger partial charge < -0.3 is 23.7 Å². The molecule has 0 amide bonds. The first-order valence-corrected chi connectivity index (χ1v) is 8.32. The summed E-state index contributed by atoms with van der Waals surface area (Å²) < 4.78 is 26.6. The Kier molecular flexibility index (Phi) is 21.0. The van der Waals surface area contributed by atoms with E-state index in [4.69, 9.17) is 34.7 Å². The third-order valence-electron chi connectivity index (χ3n) is 2.71. The minimum Gasteiger partial charge on any atom is -0.379 e. The lowest BCUT2D eigenvalue weighted by atomic mass is 10.5. The molecule has 0 heterocycles. The Labute approximate surface area is 147 Å². The van der Waals surface area contributed by atoms with E-state index in [0.29, 0.717) is 92.0 Å². The molecule has 0 radical (unpaired) electrons. The molecule has 0 saturated carbocycles. The number of nitrogens with zero attached hydrogens (tertiary/aromatic N) is 6. The van der Waals surface area contributed by atoms with Gasteiger partial charge in [0.2, 0.25) is 0 Å². The summed E-state index contributed by atoms with van der Waals surface area (Å²) in [5, 5.41) is 6.82. The van der Waals surface area contributed by atoms with Crippen molar-refractivity contribution in [3.05, 3.63) is 20.9 Å². The van der Waals surface area contributed by atoms with Crippen molar-refractivity contribution in [2.24, 2.45) is 10.2 Å². The summed E-state index contributed by atoms with van der Waals surface area (Å²) in [5.74, 6) is 0. The first-order chi connectivity index (χ1) is 12.4. The Balaban J connectivity index is 3.00. The average Bonchev–Trinajstić information content (AvgIpc) is 2.63. The van der Waals surface area contributed by atoms with Crippen LogP contribution in [-0.4, -0.2) is 79.2 Å². The summed E-state index contributed by atoms with van der Waals surface area (Å²) >= 11 is 0. The van der Waals surface area contributed by atoms with Gasteiger partial charge in [-0.05, 0) is 23.9 Å². The zero-order valence-electron chi connectivity index (χ0n) is 14.6. The van der Waals surface area contributed by atoms with Gasteiger partial charge in [-0.2, -0.15) is 0 Å². The highest BCUT2D eigenvalue weighted by molar-refractivity contribution is 4.46. The van der Waals surface area contributed by atoms with Crippen molar-refractivity contribution in [3.63, 3.8) is 0 Å². The van der Waals surface area contributed by atoms with E-state index >= 15 is 0 Å². The first-order valence-electron chi connectivity index (χ1n) is 8.32. The Morgan fingerprint density at radius 1 is 0.480 bits per heavy atom. The van der Waals surface area contributed by atoms with Crippen molar-refractivity contribution in [1.29, 1.82) is 0 Å². The van der Waals surface area contributed by atoms with E-state index in [-0.39, 0.29) is 0 Å². The van der Waals surface area contributed by atoms with E-state index in [0.717, 1.165) is 0 Å². The van der Waals surface area contributed by atoms with Gasteiger partial charge in [-0.25, -0.2) is 0 Å². The molecule has 0 atom stereocenters. The van der Waals surface area contributed by atoms with E-state index in [1.807, 2.05) is 0 Å². The number of azide groups is 2. The zero-order chi connectivity index (χ0) is 18.3. The van der Waals surface area contributed by atoms with Crippen molar-refractivity contribution in [2.75, 3.05) is 79.2 Å². The van der Waals surface area contributed by atoms with Crippen LogP contribution >= 0.6 is 0 Å². The molecule has 0 saturated heterocycles. The topological polar surface area (TPSA) is 144 Å². The Hall–Kier alpha value is -1.58. The Morgan fingerprint density at radius 2 is 0.760 bits per heavy atom. The predicted molar refractivity (Wildman–Crippen MR) is 91.4 cm³/mol. The largest absolute Gasteiger partial charge is 0.379 e. The molecule has 0 bridgehead atoms. The van der Waals surface area contributed by atoms with Crippen LogP contribution in [0.15, 0.2) is 10.2 Å². The van der Waals surface area contributed by atoms with Crippen LogP contribution in [0, 0.1) is 0 Å². The van der Waals surface area contributed by atoms with Crippen LogP contribution in [0.1, 0.15) is 12.8 Å². The zero-order valence-corrected chi connectivity index (χ0v) is 14.6. The van der Waals surface area contributed by atoms with Gasteiger partial charge in [-0.15, -0.1) is 0 Å². The normalized spacial score (nSPS) is 10.2. The smallest absolute Gasteiger partial charge is 0.0701 e. The molecule has 0 aliphatic heterocycles. The van der Waals surface area contributed by atoms with Gasteiger partial charge in [0.1, 0.15) is 0 Å². The molecule has 0 aromatic carbocycles. The highest BCUT2D eigenvalue weighted by atomic mass is 16.6. The fourth-order valence-electron chi connectivity index (χ4n) is 1.55. The lowest BCUT2D eigenvalue weighted by molar-refractivity contribution is -0.0110. The van der Waals surface area contributed by atoms with Crippen molar-refractivity contribution in [2.45, 2.75) is 12.8 Å². The quantitative estimate of drug-likeness (QED) is 0.142. The first kappa shape index (κ1) is 23.4. The summed E-state index contributed by atoms with van der Waals surface area (Å²) in [6.45, 7) is 6.13. The van der Waals surface area contributed by atoms with E-state index < -0.39 is 0 Å². The molecule has 0 spiro atoms. The average molecular weight is 360 g/mol. The van der Waals surface area contributed by atoms with E-state index in [1.54, 1.807) is 0 Å². The number of hydrogen-bond acceptors (Lipinski definition) is 7. The molecule has 144 valence electrons. The molecular weight excluding hydrogens is 332 g/mol. The van der Waals surface area contributed by atoms with Crippen LogP contribution in [0.4, 0.5) is 0 Å². The van der Waals surface area contributed by atoms with Gasteiger partial charge in [0.25, 0.3) is 0 Å². The lowest BCUT2D eigenvalue weighted by Gasteiger charge is -2.07. The molecule has 0 unspecified atom stereocenters. The fourth-order valence-corrected chi connectivity index (χ4v) is 1.55. The summed E-state index contributed by atoms with van der Waals surface area (Å²) in [4.78, 5) is 5.32. The summed E-state index contributed by atoms with van der Waals surface area (Å²) in [6, 6.07) is 0. The van der Waals surface area contributed by atoms with Gasteiger partial charge in [-0.1, -0.05) is 10.2 Å². The molecule has 0 aromatic heterocycles.